The number of carbonyl (C=O) groups excluding carboxylic acids is 1. The molecule has 0 aliphatic carbocycles. The lowest BCUT2D eigenvalue weighted by Gasteiger charge is -2.26. The van der Waals surface area contributed by atoms with Crippen LogP contribution in [0.1, 0.15) is 59.4 Å². The Morgan fingerprint density at radius 1 is 1.42 bits per heavy atom. The summed E-state index contributed by atoms with van der Waals surface area (Å²) in [7, 11) is 1.85. The number of nitrogens with zero attached hydrogens (tertiary/aromatic N) is 4. The Hall–Kier alpha value is -2.15. The molecule has 0 aromatic carbocycles. The van der Waals surface area contributed by atoms with Gasteiger partial charge in [-0.3, -0.25) is 14.6 Å². The SMILES string of the molecule is C[C@@H]1Cc2c(nn(C)c2C(=O)N2CCCc3[nH]ncc3C2)[C@H](C)O1. The molecule has 1 amide bonds. The number of fused-ring (bicyclic) bond motifs is 2. The monoisotopic (exact) mass is 329 g/mol. The minimum Gasteiger partial charge on any atom is -0.369 e. The molecule has 0 unspecified atom stereocenters. The number of ether oxygens (including phenoxy) is 1. The van der Waals surface area contributed by atoms with E-state index in [1.165, 1.54) is 0 Å². The van der Waals surface area contributed by atoms with E-state index in [2.05, 4.69) is 15.3 Å². The molecule has 4 rings (SSSR count). The van der Waals surface area contributed by atoms with Crippen LogP contribution in [0, 0.1) is 0 Å². The molecule has 2 aromatic rings. The number of rotatable bonds is 1. The van der Waals surface area contributed by atoms with Crippen molar-refractivity contribution in [3.63, 3.8) is 0 Å². The van der Waals surface area contributed by atoms with E-state index < -0.39 is 0 Å². The summed E-state index contributed by atoms with van der Waals surface area (Å²) in [5.74, 6) is 0.0570. The molecule has 0 saturated heterocycles. The Morgan fingerprint density at radius 2 is 2.25 bits per heavy atom. The summed E-state index contributed by atoms with van der Waals surface area (Å²) < 4.78 is 7.58. The molecular weight excluding hydrogens is 306 g/mol. The van der Waals surface area contributed by atoms with E-state index in [1.54, 1.807) is 4.68 Å². The lowest BCUT2D eigenvalue weighted by molar-refractivity contribution is -0.00714. The molecular formula is C17H23N5O2. The highest BCUT2D eigenvalue weighted by molar-refractivity contribution is 5.94. The Labute approximate surface area is 141 Å². The third-order valence-corrected chi connectivity index (χ3v) is 5.00. The van der Waals surface area contributed by atoms with Crippen molar-refractivity contribution < 1.29 is 9.53 Å². The van der Waals surface area contributed by atoms with Crippen molar-refractivity contribution in [2.45, 2.75) is 51.9 Å². The first kappa shape index (κ1) is 15.4. The topological polar surface area (TPSA) is 76.0 Å². The molecule has 7 nitrogen and oxygen atoms in total. The Balaban J connectivity index is 1.68. The number of carbonyl (C=O) groups is 1. The smallest absolute Gasteiger partial charge is 0.272 e. The van der Waals surface area contributed by atoms with Gasteiger partial charge in [0.15, 0.2) is 0 Å². The molecule has 0 spiro atoms. The summed E-state index contributed by atoms with van der Waals surface area (Å²) in [5.41, 5.74) is 4.91. The quantitative estimate of drug-likeness (QED) is 0.865. The number of aromatic nitrogens is 4. The minimum atomic E-state index is -0.0684. The van der Waals surface area contributed by atoms with Crippen LogP contribution in [-0.4, -0.2) is 43.4 Å². The van der Waals surface area contributed by atoms with Crippen LogP contribution in [0.3, 0.4) is 0 Å². The molecule has 2 aromatic heterocycles. The zero-order chi connectivity index (χ0) is 16.8. The molecule has 0 fully saturated rings. The third-order valence-electron chi connectivity index (χ3n) is 5.00. The van der Waals surface area contributed by atoms with Crippen LogP contribution in [0.25, 0.3) is 0 Å². The molecule has 0 saturated carbocycles. The van der Waals surface area contributed by atoms with E-state index in [0.717, 1.165) is 48.3 Å². The van der Waals surface area contributed by atoms with E-state index >= 15 is 0 Å². The van der Waals surface area contributed by atoms with E-state index in [0.29, 0.717) is 12.2 Å². The van der Waals surface area contributed by atoms with Gasteiger partial charge in [0.2, 0.25) is 0 Å². The van der Waals surface area contributed by atoms with Crippen LogP contribution in [0.15, 0.2) is 6.20 Å². The lowest BCUT2D eigenvalue weighted by atomic mass is 9.99. The fourth-order valence-corrected chi connectivity index (χ4v) is 3.88. The van der Waals surface area contributed by atoms with Gasteiger partial charge in [-0.1, -0.05) is 0 Å². The van der Waals surface area contributed by atoms with Crippen molar-refractivity contribution in [3.05, 3.63) is 34.4 Å². The number of H-pyrrole nitrogens is 1. The van der Waals surface area contributed by atoms with Gasteiger partial charge in [-0.05, 0) is 26.7 Å². The maximum atomic E-state index is 13.2. The molecule has 2 aliphatic rings. The highest BCUT2D eigenvalue weighted by Gasteiger charge is 2.33. The van der Waals surface area contributed by atoms with E-state index in [-0.39, 0.29) is 18.1 Å². The summed E-state index contributed by atoms with van der Waals surface area (Å²) in [4.78, 5) is 15.2. The van der Waals surface area contributed by atoms with Gasteiger partial charge in [0.25, 0.3) is 5.91 Å². The van der Waals surface area contributed by atoms with E-state index in [1.807, 2.05) is 32.0 Å². The Kier molecular flexibility index (Phi) is 3.68. The maximum Gasteiger partial charge on any atom is 0.272 e. The largest absolute Gasteiger partial charge is 0.369 e. The van der Waals surface area contributed by atoms with Gasteiger partial charge in [-0.15, -0.1) is 0 Å². The summed E-state index contributed by atoms with van der Waals surface area (Å²) >= 11 is 0. The van der Waals surface area contributed by atoms with Crippen LogP contribution >= 0.6 is 0 Å². The second-order valence-corrected chi connectivity index (χ2v) is 6.83. The van der Waals surface area contributed by atoms with Crippen molar-refractivity contribution in [1.82, 2.24) is 24.9 Å². The van der Waals surface area contributed by atoms with Crippen LogP contribution in [0.5, 0.6) is 0 Å². The first-order valence-corrected chi connectivity index (χ1v) is 8.56. The summed E-state index contributed by atoms with van der Waals surface area (Å²) in [6.45, 7) is 5.40. The lowest BCUT2D eigenvalue weighted by Crippen LogP contribution is -2.33. The fraction of sp³-hybridized carbons (Fsp3) is 0.588. The number of aromatic amines is 1. The molecule has 24 heavy (non-hydrogen) atoms. The first-order valence-electron chi connectivity index (χ1n) is 8.56. The number of hydrogen-bond acceptors (Lipinski definition) is 4. The molecule has 0 bridgehead atoms. The van der Waals surface area contributed by atoms with Crippen LogP contribution in [0.4, 0.5) is 0 Å². The predicted molar refractivity (Wildman–Crippen MR) is 87.5 cm³/mol. The van der Waals surface area contributed by atoms with Crippen molar-refractivity contribution in [3.8, 4) is 0 Å². The number of nitrogens with one attached hydrogen (secondary N) is 1. The number of amides is 1. The average Bonchev–Trinajstić information content (AvgIpc) is 3.04. The number of aryl methyl sites for hydroxylation is 2. The standard InChI is InChI=1S/C17H23N5O2/c1-10-7-13-15(11(2)24-10)20-21(3)16(13)17(23)22-6-4-5-14-12(9-22)8-18-19-14/h8,10-11H,4-7,9H2,1-3H3,(H,18,19)/t10-,11+/m1/s1. The zero-order valence-corrected chi connectivity index (χ0v) is 14.4. The van der Waals surface area contributed by atoms with Gasteiger partial charge in [-0.25, -0.2) is 0 Å². The molecule has 2 atom stereocenters. The normalized spacial score (nSPS) is 23.5. The highest BCUT2D eigenvalue weighted by atomic mass is 16.5. The van der Waals surface area contributed by atoms with Gasteiger partial charge in [-0.2, -0.15) is 10.2 Å². The van der Waals surface area contributed by atoms with Gasteiger partial charge in [0, 0.05) is 43.4 Å². The van der Waals surface area contributed by atoms with Crippen LogP contribution in [-0.2, 0) is 31.2 Å². The Morgan fingerprint density at radius 3 is 3.08 bits per heavy atom. The minimum absolute atomic E-state index is 0.0570. The number of hydrogen-bond donors (Lipinski definition) is 1. The van der Waals surface area contributed by atoms with Crippen molar-refractivity contribution >= 4 is 5.91 Å². The Bertz CT molecular complexity index is 778. The van der Waals surface area contributed by atoms with Gasteiger partial charge in [0.1, 0.15) is 5.69 Å². The van der Waals surface area contributed by atoms with Crippen molar-refractivity contribution in [1.29, 1.82) is 0 Å². The van der Waals surface area contributed by atoms with Crippen molar-refractivity contribution in [2.75, 3.05) is 6.54 Å². The van der Waals surface area contributed by atoms with E-state index in [4.69, 9.17) is 4.74 Å². The molecule has 128 valence electrons. The van der Waals surface area contributed by atoms with Crippen molar-refractivity contribution in [2.24, 2.45) is 7.05 Å². The van der Waals surface area contributed by atoms with Gasteiger partial charge < -0.3 is 9.64 Å². The zero-order valence-electron chi connectivity index (χ0n) is 14.4. The fourth-order valence-electron chi connectivity index (χ4n) is 3.88. The van der Waals surface area contributed by atoms with Gasteiger partial charge >= 0.3 is 0 Å². The van der Waals surface area contributed by atoms with Crippen LogP contribution in [0.2, 0.25) is 0 Å². The molecule has 1 N–H and O–H groups in total. The highest BCUT2D eigenvalue weighted by Crippen LogP contribution is 2.32. The molecule has 2 aliphatic heterocycles. The molecule has 7 heteroatoms. The third kappa shape index (κ3) is 2.43. The van der Waals surface area contributed by atoms with E-state index in [9.17, 15) is 4.79 Å². The second kappa shape index (κ2) is 5.73. The summed E-state index contributed by atoms with van der Waals surface area (Å²) in [6.07, 6.45) is 4.48. The first-order chi connectivity index (χ1) is 11.5. The molecule has 4 heterocycles. The summed E-state index contributed by atoms with van der Waals surface area (Å²) in [5, 5.41) is 11.7. The average molecular weight is 329 g/mol. The van der Waals surface area contributed by atoms with Crippen LogP contribution < -0.4 is 0 Å². The second-order valence-electron chi connectivity index (χ2n) is 6.83. The van der Waals surface area contributed by atoms with Gasteiger partial charge in [0.05, 0.1) is 24.1 Å². The predicted octanol–water partition coefficient (Wildman–Crippen LogP) is 1.75. The molecule has 0 radical (unpaired) electrons. The summed E-state index contributed by atoms with van der Waals surface area (Å²) in [6, 6.07) is 0. The maximum absolute atomic E-state index is 13.2.